The van der Waals surface area contributed by atoms with Crippen LogP contribution in [-0.4, -0.2) is 15.9 Å². The fourth-order valence-electron chi connectivity index (χ4n) is 4.17. The van der Waals surface area contributed by atoms with E-state index in [4.69, 9.17) is 25.7 Å². The highest BCUT2D eigenvalue weighted by molar-refractivity contribution is 14.1. The zero-order valence-electron chi connectivity index (χ0n) is 20.4. The molecule has 40 heavy (non-hydrogen) atoms. The molecule has 0 saturated carbocycles. The van der Waals surface area contributed by atoms with Gasteiger partial charge >= 0.3 is 0 Å². The summed E-state index contributed by atoms with van der Waals surface area (Å²) >= 11 is 14.1. The van der Waals surface area contributed by atoms with Crippen LogP contribution in [0.4, 0.5) is 0 Å². The van der Waals surface area contributed by atoms with Gasteiger partial charge in [0, 0.05) is 14.9 Å². The van der Waals surface area contributed by atoms with Crippen molar-refractivity contribution in [1.82, 2.24) is 9.66 Å². The maximum Gasteiger partial charge on any atom is 0.282 e. The van der Waals surface area contributed by atoms with Gasteiger partial charge in [0.05, 0.1) is 24.3 Å². The number of aromatic nitrogens is 2. The predicted molar refractivity (Wildman–Crippen MR) is 180 cm³/mol. The highest BCUT2D eigenvalue weighted by Crippen LogP contribution is 2.31. The van der Waals surface area contributed by atoms with Crippen molar-refractivity contribution in [3.05, 3.63) is 123 Å². The van der Waals surface area contributed by atoms with Crippen molar-refractivity contribution in [2.45, 2.75) is 6.61 Å². The molecule has 0 fully saturated rings. The minimum absolute atomic E-state index is 0.297. The van der Waals surface area contributed by atoms with Crippen molar-refractivity contribution in [2.75, 3.05) is 0 Å². The number of benzene rings is 4. The average Bonchev–Trinajstić information content (AvgIpc) is 3.36. The summed E-state index contributed by atoms with van der Waals surface area (Å²) in [5.41, 5.74) is 2.79. The van der Waals surface area contributed by atoms with Crippen LogP contribution in [-0.2, 0) is 6.61 Å². The summed E-state index contributed by atoms with van der Waals surface area (Å²) in [6.45, 7) is 0.455. The molecular weight excluding hydrogens is 820 g/mol. The van der Waals surface area contributed by atoms with Crippen LogP contribution < -0.4 is 10.3 Å². The fourth-order valence-corrected chi connectivity index (χ4v) is 6.74. The average molecular weight is 837 g/mol. The predicted octanol–water partition coefficient (Wildman–Crippen LogP) is 8.90. The molecule has 6 rings (SSSR count). The Labute approximate surface area is 269 Å². The number of para-hydroxylation sites is 1. The molecule has 0 N–H and O–H groups in total. The summed E-state index contributed by atoms with van der Waals surface area (Å²) in [6, 6.07) is 26.3. The van der Waals surface area contributed by atoms with Crippen molar-refractivity contribution in [3.8, 4) is 17.3 Å². The Balaban J connectivity index is 1.37. The van der Waals surface area contributed by atoms with Crippen LogP contribution in [0.1, 0.15) is 11.1 Å². The number of hydrogen-bond donors (Lipinski definition) is 0. The first-order valence-corrected chi connectivity index (χ1v) is 15.3. The van der Waals surface area contributed by atoms with E-state index >= 15 is 0 Å². The molecule has 198 valence electrons. The number of nitrogens with zero attached hydrogens (tertiary/aromatic N) is 3. The number of ether oxygens (including phenoxy) is 1. The van der Waals surface area contributed by atoms with Gasteiger partial charge in [0.1, 0.15) is 17.9 Å². The maximum atomic E-state index is 13.6. The van der Waals surface area contributed by atoms with Crippen LogP contribution in [0, 0.1) is 7.14 Å². The second-order valence-corrected chi connectivity index (χ2v) is 12.5. The summed E-state index contributed by atoms with van der Waals surface area (Å²) < 4.78 is 16.4. The van der Waals surface area contributed by atoms with Gasteiger partial charge in [-0.2, -0.15) is 9.78 Å². The van der Waals surface area contributed by atoms with E-state index in [1.54, 1.807) is 42.6 Å². The van der Waals surface area contributed by atoms with Crippen molar-refractivity contribution < 1.29 is 9.15 Å². The standard InChI is InChI=1S/C30H17BrClI2N3O3/c31-20-7-5-17(6-8-20)16-39-28-23(33)11-18(12-24(28)34)15-35-37-29(36-25-4-2-1-3-22(25)30(37)38)27-14-19-13-21(32)9-10-26(19)40-27/h1-15H,16H2. The Bertz CT molecular complexity index is 1960. The van der Waals surface area contributed by atoms with Crippen LogP contribution in [0.3, 0.4) is 0 Å². The lowest BCUT2D eigenvalue weighted by molar-refractivity contribution is 0.301. The second kappa shape index (κ2) is 11.6. The zero-order valence-corrected chi connectivity index (χ0v) is 27.1. The molecule has 6 nitrogen and oxygen atoms in total. The largest absolute Gasteiger partial charge is 0.487 e. The van der Waals surface area contributed by atoms with E-state index in [2.05, 4.69) is 66.2 Å². The Morgan fingerprint density at radius 3 is 2.52 bits per heavy atom. The van der Waals surface area contributed by atoms with Gasteiger partial charge in [-0.1, -0.05) is 51.8 Å². The van der Waals surface area contributed by atoms with Crippen molar-refractivity contribution >= 4 is 101 Å². The van der Waals surface area contributed by atoms with Crippen molar-refractivity contribution in [3.63, 3.8) is 0 Å². The minimum atomic E-state index is -0.297. The fraction of sp³-hybridized carbons (Fsp3) is 0.0333. The molecule has 0 saturated heterocycles. The Morgan fingerprint density at radius 2 is 1.75 bits per heavy atom. The lowest BCUT2D eigenvalue weighted by atomic mass is 10.2. The number of fused-ring (bicyclic) bond motifs is 2. The normalized spacial score (nSPS) is 11.6. The molecule has 0 aliphatic rings. The quantitative estimate of drug-likeness (QED) is 0.124. The summed E-state index contributed by atoms with van der Waals surface area (Å²) in [5.74, 6) is 1.51. The molecule has 0 spiro atoms. The molecule has 6 aromatic rings. The third kappa shape index (κ3) is 5.69. The number of halogens is 4. The summed E-state index contributed by atoms with van der Waals surface area (Å²) in [5, 5.41) is 6.45. The van der Waals surface area contributed by atoms with Gasteiger partial charge in [-0.05, 0) is 117 Å². The van der Waals surface area contributed by atoms with Gasteiger partial charge in [0.15, 0.2) is 5.76 Å². The van der Waals surface area contributed by atoms with Crippen molar-refractivity contribution in [2.24, 2.45) is 5.10 Å². The Morgan fingerprint density at radius 1 is 1.00 bits per heavy atom. The van der Waals surface area contributed by atoms with E-state index in [0.29, 0.717) is 39.7 Å². The monoisotopic (exact) mass is 835 g/mol. The number of furan rings is 1. The second-order valence-electron chi connectivity index (χ2n) is 8.84. The van der Waals surface area contributed by atoms with Crippen LogP contribution in [0.25, 0.3) is 33.5 Å². The Kier molecular flexibility index (Phi) is 7.98. The molecule has 2 aromatic heterocycles. The lowest BCUT2D eigenvalue weighted by Gasteiger charge is -2.12. The molecular formula is C30H17BrClI2N3O3. The van der Waals surface area contributed by atoms with Gasteiger partial charge in [-0.3, -0.25) is 4.79 Å². The topological polar surface area (TPSA) is 69.6 Å². The van der Waals surface area contributed by atoms with E-state index in [9.17, 15) is 4.79 Å². The van der Waals surface area contributed by atoms with Crippen LogP contribution >= 0.6 is 72.7 Å². The third-order valence-electron chi connectivity index (χ3n) is 6.09. The maximum absolute atomic E-state index is 13.6. The van der Waals surface area contributed by atoms with Crippen LogP contribution in [0.15, 0.2) is 104 Å². The van der Waals surface area contributed by atoms with Gasteiger partial charge in [-0.25, -0.2) is 4.98 Å². The van der Waals surface area contributed by atoms with Gasteiger partial charge < -0.3 is 9.15 Å². The Hall–Kier alpha value is -2.74. The molecule has 0 atom stereocenters. The first-order valence-electron chi connectivity index (χ1n) is 12.0. The summed E-state index contributed by atoms with van der Waals surface area (Å²) in [7, 11) is 0. The van der Waals surface area contributed by atoms with Crippen LogP contribution in [0.5, 0.6) is 5.75 Å². The van der Waals surface area contributed by atoms with Crippen molar-refractivity contribution in [1.29, 1.82) is 0 Å². The number of rotatable bonds is 6. The van der Waals surface area contributed by atoms with E-state index in [0.717, 1.165) is 33.9 Å². The first-order chi connectivity index (χ1) is 19.4. The highest BCUT2D eigenvalue weighted by Gasteiger charge is 2.17. The van der Waals surface area contributed by atoms with Crippen LogP contribution in [0.2, 0.25) is 5.02 Å². The zero-order chi connectivity index (χ0) is 27.8. The molecule has 0 bridgehead atoms. The molecule has 0 aliphatic heterocycles. The number of hydrogen-bond acceptors (Lipinski definition) is 5. The summed E-state index contributed by atoms with van der Waals surface area (Å²) in [6.07, 6.45) is 1.64. The molecule has 0 radical (unpaired) electrons. The van der Waals surface area contributed by atoms with E-state index in [1.165, 1.54) is 4.68 Å². The lowest BCUT2D eigenvalue weighted by Crippen LogP contribution is -2.20. The first kappa shape index (κ1) is 27.4. The summed E-state index contributed by atoms with van der Waals surface area (Å²) in [4.78, 5) is 18.3. The van der Waals surface area contributed by atoms with E-state index < -0.39 is 0 Å². The molecule has 0 aliphatic carbocycles. The highest BCUT2D eigenvalue weighted by atomic mass is 127. The molecule has 0 unspecified atom stereocenters. The minimum Gasteiger partial charge on any atom is -0.487 e. The van der Waals surface area contributed by atoms with Gasteiger partial charge in [-0.15, -0.1) is 0 Å². The third-order valence-corrected chi connectivity index (χ3v) is 8.46. The van der Waals surface area contributed by atoms with Gasteiger partial charge in [0.25, 0.3) is 5.56 Å². The van der Waals surface area contributed by atoms with E-state index in [-0.39, 0.29) is 5.56 Å². The SMILES string of the molecule is O=c1c2ccccc2nc(-c2cc3cc(Cl)ccc3o2)n1N=Cc1cc(I)c(OCc2ccc(Br)cc2)c(I)c1. The molecule has 0 amide bonds. The molecule has 4 aromatic carbocycles. The molecule has 2 heterocycles. The van der Waals surface area contributed by atoms with E-state index in [1.807, 2.05) is 48.5 Å². The molecule has 10 heteroatoms. The smallest absolute Gasteiger partial charge is 0.282 e. The van der Waals surface area contributed by atoms with Gasteiger partial charge in [0.2, 0.25) is 5.82 Å².